The monoisotopic (exact) mass is 155 g/mol. The highest BCUT2D eigenvalue weighted by molar-refractivity contribution is 5.77. The summed E-state index contributed by atoms with van der Waals surface area (Å²) in [7, 11) is 0. The van der Waals surface area contributed by atoms with Gasteiger partial charge in [-0.25, -0.2) is 0 Å². The number of nitrogens with zero attached hydrogens (tertiary/aromatic N) is 1. The van der Waals surface area contributed by atoms with E-state index in [0.717, 1.165) is 0 Å². The minimum Gasteiger partial charge on any atom is -0.447 e. The van der Waals surface area contributed by atoms with Gasteiger partial charge in [0.15, 0.2) is 6.10 Å². The molecule has 0 spiro atoms. The van der Waals surface area contributed by atoms with Gasteiger partial charge >= 0.3 is 5.97 Å². The second kappa shape index (κ2) is 4.45. The summed E-state index contributed by atoms with van der Waals surface area (Å²) in [5.41, 5.74) is 0. The first kappa shape index (κ1) is 9.63. The van der Waals surface area contributed by atoms with E-state index in [1.54, 1.807) is 6.07 Å². The minimum absolute atomic E-state index is 0.0317. The predicted octanol–water partition coefficient (Wildman–Crippen LogP) is 0.421. The van der Waals surface area contributed by atoms with Crippen molar-refractivity contribution in [2.45, 2.75) is 26.4 Å². The van der Waals surface area contributed by atoms with Crippen molar-refractivity contribution in [3.63, 3.8) is 0 Å². The number of ether oxygens (including phenoxy) is 1. The van der Waals surface area contributed by atoms with Crippen molar-refractivity contribution < 1.29 is 14.3 Å². The van der Waals surface area contributed by atoms with Crippen LogP contribution in [0.5, 0.6) is 0 Å². The summed E-state index contributed by atoms with van der Waals surface area (Å²) >= 11 is 0. The summed E-state index contributed by atoms with van der Waals surface area (Å²) in [5, 5.41) is 8.34. The van der Waals surface area contributed by atoms with Gasteiger partial charge in [-0.05, 0) is 6.92 Å². The van der Waals surface area contributed by atoms with Crippen molar-refractivity contribution in [1.82, 2.24) is 0 Å². The summed E-state index contributed by atoms with van der Waals surface area (Å²) in [6, 6.07) is 1.70. The van der Waals surface area contributed by atoms with Gasteiger partial charge in [-0.3, -0.25) is 9.59 Å². The van der Waals surface area contributed by atoms with Gasteiger partial charge in [0.2, 0.25) is 0 Å². The Balaban J connectivity index is 3.89. The maximum absolute atomic E-state index is 10.5. The number of carbonyl (C=O) groups is 2. The van der Waals surface area contributed by atoms with Crippen LogP contribution in [0.3, 0.4) is 0 Å². The Bertz CT molecular complexity index is 188. The molecule has 4 heteroatoms. The zero-order chi connectivity index (χ0) is 8.85. The van der Waals surface area contributed by atoms with Gasteiger partial charge in [-0.15, -0.1) is 0 Å². The van der Waals surface area contributed by atoms with E-state index in [-0.39, 0.29) is 12.2 Å². The van der Waals surface area contributed by atoms with E-state index in [4.69, 9.17) is 5.26 Å². The molecule has 60 valence electrons. The molecule has 0 rings (SSSR count). The van der Waals surface area contributed by atoms with E-state index >= 15 is 0 Å². The summed E-state index contributed by atoms with van der Waals surface area (Å²) in [5.74, 6) is -0.712. The fraction of sp³-hybridized carbons (Fsp3) is 0.571. The number of hydrogen-bond acceptors (Lipinski definition) is 4. The average Bonchev–Trinajstić information content (AvgIpc) is 1.84. The first-order valence-electron chi connectivity index (χ1n) is 3.12. The van der Waals surface area contributed by atoms with Crippen LogP contribution in [-0.4, -0.2) is 17.9 Å². The summed E-state index contributed by atoms with van der Waals surface area (Å²) < 4.78 is 4.49. The number of hydrogen-bond donors (Lipinski definition) is 0. The Morgan fingerprint density at radius 1 is 1.55 bits per heavy atom. The topological polar surface area (TPSA) is 67.2 Å². The highest BCUT2D eigenvalue weighted by Crippen LogP contribution is 1.97. The van der Waals surface area contributed by atoms with Crippen LogP contribution in [0.1, 0.15) is 20.3 Å². The number of rotatable bonds is 3. The maximum atomic E-state index is 10.5. The molecule has 0 aliphatic carbocycles. The number of carbonyl (C=O) groups excluding carboxylic acids is 2. The van der Waals surface area contributed by atoms with Gasteiger partial charge in [-0.2, -0.15) is 5.26 Å². The molecule has 0 amide bonds. The largest absolute Gasteiger partial charge is 0.447 e. The molecule has 1 atom stereocenters. The van der Waals surface area contributed by atoms with Gasteiger partial charge < -0.3 is 4.74 Å². The number of Topliss-reactive ketones (excluding diaryl/α,β-unsaturated/α-hetero) is 1. The fourth-order valence-electron chi connectivity index (χ4n) is 0.575. The lowest BCUT2D eigenvalue weighted by Gasteiger charge is -2.05. The van der Waals surface area contributed by atoms with Crippen LogP contribution in [0.25, 0.3) is 0 Å². The zero-order valence-electron chi connectivity index (χ0n) is 6.46. The van der Waals surface area contributed by atoms with Crippen LogP contribution < -0.4 is 0 Å². The predicted molar refractivity (Wildman–Crippen MR) is 36.5 cm³/mol. The molecule has 0 fully saturated rings. The Morgan fingerprint density at radius 3 is 2.36 bits per heavy atom. The maximum Gasteiger partial charge on any atom is 0.303 e. The van der Waals surface area contributed by atoms with E-state index in [1.807, 2.05) is 0 Å². The fourth-order valence-corrected chi connectivity index (χ4v) is 0.575. The molecule has 0 N–H and O–H groups in total. The van der Waals surface area contributed by atoms with E-state index in [2.05, 4.69) is 4.74 Å². The summed E-state index contributed by atoms with van der Waals surface area (Å²) in [6.07, 6.45) is -0.958. The lowest BCUT2D eigenvalue weighted by atomic mass is 10.2. The molecule has 0 radical (unpaired) electrons. The molecule has 0 heterocycles. The molecule has 0 aromatic carbocycles. The van der Waals surface area contributed by atoms with Crippen LogP contribution in [0.15, 0.2) is 0 Å². The third-order valence-corrected chi connectivity index (χ3v) is 0.925. The van der Waals surface area contributed by atoms with Crippen molar-refractivity contribution in [2.24, 2.45) is 0 Å². The minimum atomic E-state index is -0.926. The van der Waals surface area contributed by atoms with Crippen LogP contribution in [0, 0.1) is 11.3 Å². The summed E-state index contributed by atoms with van der Waals surface area (Å²) in [4.78, 5) is 20.8. The number of esters is 1. The van der Waals surface area contributed by atoms with Crippen molar-refractivity contribution >= 4 is 11.8 Å². The number of nitriles is 1. The lowest BCUT2D eigenvalue weighted by Crippen LogP contribution is -2.16. The van der Waals surface area contributed by atoms with Crippen LogP contribution >= 0.6 is 0 Å². The van der Waals surface area contributed by atoms with E-state index in [1.165, 1.54) is 13.8 Å². The molecule has 11 heavy (non-hydrogen) atoms. The molecule has 0 aliphatic rings. The van der Waals surface area contributed by atoms with Crippen molar-refractivity contribution in [3.05, 3.63) is 0 Å². The first-order valence-corrected chi connectivity index (χ1v) is 3.12. The molecule has 0 bridgehead atoms. The molecule has 4 nitrogen and oxygen atoms in total. The van der Waals surface area contributed by atoms with Crippen molar-refractivity contribution in [3.8, 4) is 6.07 Å². The molecular formula is C7H9NO3. The van der Waals surface area contributed by atoms with E-state index in [9.17, 15) is 9.59 Å². The quantitative estimate of drug-likeness (QED) is 0.554. The average molecular weight is 155 g/mol. The van der Waals surface area contributed by atoms with Crippen LogP contribution in [-0.2, 0) is 14.3 Å². The smallest absolute Gasteiger partial charge is 0.303 e. The van der Waals surface area contributed by atoms with Gasteiger partial charge in [-0.1, -0.05) is 0 Å². The van der Waals surface area contributed by atoms with E-state index < -0.39 is 12.1 Å². The van der Waals surface area contributed by atoms with E-state index in [0.29, 0.717) is 0 Å². The third kappa shape index (κ3) is 5.09. The Labute approximate surface area is 64.8 Å². The summed E-state index contributed by atoms with van der Waals surface area (Å²) in [6.45, 7) is 2.54. The van der Waals surface area contributed by atoms with Crippen LogP contribution in [0.2, 0.25) is 0 Å². The van der Waals surface area contributed by atoms with Gasteiger partial charge in [0.1, 0.15) is 11.9 Å². The molecule has 0 aromatic heterocycles. The molecule has 0 aromatic rings. The Hall–Kier alpha value is -1.37. The van der Waals surface area contributed by atoms with Gasteiger partial charge in [0.25, 0.3) is 0 Å². The third-order valence-electron chi connectivity index (χ3n) is 0.925. The normalized spacial score (nSPS) is 11.4. The molecule has 0 saturated heterocycles. The Kier molecular flexibility index (Phi) is 3.89. The highest BCUT2D eigenvalue weighted by Gasteiger charge is 2.12. The first-order chi connectivity index (χ1) is 5.06. The second-order valence-electron chi connectivity index (χ2n) is 2.13. The molecular weight excluding hydrogens is 146 g/mol. The standard InChI is InChI=1S/C7H9NO3/c1-5(9)3-7(4-8)11-6(2)10/h7H,3H2,1-2H3. The Morgan fingerprint density at radius 2 is 2.09 bits per heavy atom. The van der Waals surface area contributed by atoms with Crippen molar-refractivity contribution in [1.29, 1.82) is 5.26 Å². The second-order valence-corrected chi connectivity index (χ2v) is 2.13. The van der Waals surface area contributed by atoms with Gasteiger partial charge in [0, 0.05) is 6.92 Å². The molecule has 0 aliphatic heterocycles. The molecule has 0 saturated carbocycles. The lowest BCUT2D eigenvalue weighted by molar-refractivity contribution is -0.144. The van der Waals surface area contributed by atoms with Gasteiger partial charge in [0.05, 0.1) is 6.42 Å². The molecule has 1 unspecified atom stereocenters. The SMILES string of the molecule is CC(=O)CC(C#N)OC(C)=O. The zero-order valence-corrected chi connectivity index (χ0v) is 6.46. The highest BCUT2D eigenvalue weighted by atomic mass is 16.5. The number of ketones is 1. The van der Waals surface area contributed by atoms with Crippen molar-refractivity contribution in [2.75, 3.05) is 0 Å². The van der Waals surface area contributed by atoms with Crippen LogP contribution in [0.4, 0.5) is 0 Å².